The molecule has 0 saturated heterocycles. The summed E-state index contributed by atoms with van der Waals surface area (Å²) in [5.41, 5.74) is 4.32. The van der Waals surface area contributed by atoms with Crippen molar-refractivity contribution >= 4 is 5.91 Å². The van der Waals surface area contributed by atoms with Crippen LogP contribution in [-0.4, -0.2) is 26.7 Å². The van der Waals surface area contributed by atoms with Crippen LogP contribution in [0.15, 0.2) is 36.4 Å². The van der Waals surface area contributed by atoms with Gasteiger partial charge in [-0.2, -0.15) is 0 Å². The summed E-state index contributed by atoms with van der Waals surface area (Å²) in [4.78, 5) is 12.3. The van der Waals surface area contributed by atoms with Gasteiger partial charge in [0.15, 0.2) is 11.5 Å². The van der Waals surface area contributed by atoms with E-state index in [2.05, 4.69) is 11.4 Å². The second-order valence-corrected chi connectivity index (χ2v) is 6.22. The van der Waals surface area contributed by atoms with Crippen molar-refractivity contribution in [3.05, 3.63) is 58.7 Å². The second-order valence-electron chi connectivity index (χ2n) is 6.22. The third-order valence-electron chi connectivity index (χ3n) is 4.64. The molecule has 24 heavy (non-hydrogen) atoms. The summed E-state index contributed by atoms with van der Waals surface area (Å²) in [6.07, 6.45) is 2.03. The van der Waals surface area contributed by atoms with Gasteiger partial charge in [-0.3, -0.25) is 4.79 Å². The molecule has 0 bridgehead atoms. The van der Waals surface area contributed by atoms with E-state index in [4.69, 9.17) is 9.47 Å². The topological polar surface area (TPSA) is 47.6 Å². The van der Waals surface area contributed by atoms with Crippen LogP contribution >= 0.6 is 0 Å². The van der Waals surface area contributed by atoms with Crippen molar-refractivity contribution in [3.8, 4) is 11.5 Å². The molecule has 2 aromatic carbocycles. The Morgan fingerprint density at radius 3 is 2.62 bits per heavy atom. The van der Waals surface area contributed by atoms with E-state index in [1.165, 1.54) is 11.1 Å². The van der Waals surface area contributed by atoms with Gasteiger partial charge < -0.3 is 14.8 Å². The molecule has 0 heterocycles. The predicted molar refractivity (Wildman–Crippen MR) is 94.1 cm³/mol. The van der Waals surface area contributed by atoms with Gasteiger partial charge in [0.05, 0.1) is 14.2 Å². The number of hydrogen-bond acceptors (Lipinski definition) is 3. The lowest BCUT2D eigenvalue weighted by atomic mass is 10.0. The maximum atomic E-state index is 12.3. The van der Waals surface area contributed by atoms with Crippen LogP contribution in [0.5, 0.6) is 11.5 Å². The molecule has 1 aliphatic carbocycles. The van der Waals surface area contributed by atoms with Gasteiger partial charge >= 0.3 is 0 Å². The summed E-state index contributed by atoms with van der Waals surface area (Å²) >= 11 is 0. The molecule has 1 amide bonds. The van der Waals surface area contributed by atoms with Crippen LogP contribution < -0.4 is 14.8 Å². The van der Waals surface area contributed by atoms with Crippen molar-refractivity contribution in [3.63, 3.8) is 0 Å². The van der Waals surface area contributed by atoms with Crippen LogP contribution in [0.2, 0.25) is 0 Å². The second kappa shape index (κ2) is 6.95. The number of ether oxygens (including phenoxy) is 2. The van der Waals surface area contributed by atoms with Crippen LogP contribution in [0.1, 0.15) is 39.4 Å². The number of carbonyl (C=O) groups is 1. The van der Waals surface area contributed by atoms with E-state index in [9.17, 15) is 4.79 Å². The lowest BCUT2D eigenvalue weighted by Crippen LogP contribution is -2.27. The maximum absolute atomic E-state index is 12.3. The van der Waals surface area contributed by atoms with Gasteiger partial charge in [0.25, 0.3) is 5.91 Å². The van der Waals surface area contributed by atoms with Gasteiger partial charge in [0, 0.05) is 18.0 Å². The molecule has 0 aromatic heterocycles. The first-order valence-corrected chi connectivity index (χ1v) is 8.22. The van der Waals surface area contributed by atoms with Crippen LogP contribution in [0.4, 0.5) is 0 Å². The zero-order chi connectivity index (χ0) is 17.1. The molecule has 1 N–H and O–H groups in total. The summed E-state index contributed by atoms with van der Waals surface area (Å²) in [5.74, 6) is 1.80. The van der Waals surface area contributed by atoms with E-state index in [-0.39, 0.29) is 5.91 Å². The molecule has 1 atom stereocenters. The summed E-state index contributed by atoms with van der Waals surface area (Å²) in [6.45, 7) is 2.62. The largest absolute Gasteiger partial charge is 0.493 e. The first kappa shape index (κ1) is 16.4. The molecule has 0 saturated carbocycles. The fraction of sp³-hybridized carbons (Fsp3) is 0.350. The third kappa shape index (κ3) is 3.23. The van der Waals surface area contributed by atoms with Crippen molar-refractivity contribution in [1.82, 2.24) is 5.32 Å². The molecule has 1 unspecified atom stereocenters. The summed E-state index contributed by atoms with van der Waals surface area (Å²) in [5, 5.41) is 3.06. The van der Waals surface area contributed by atoms with Gasteiger partial charge in [-0.25, -0.2) is 0 Å². The minimum atomic E-state index is -0.0207. The molecular formula is C20H23NO3. The minimum absolute atomic E-state index is 0.0207. The molecule has 0 fully saturated rings. The Morgan fingerprint density at radius 1 is 1.17 bits per heavy atom. The van der Waals surface area contributed by atoms with Crippen molar-refractivity contribution in [2.24, 2.45) is 0 Å². The number of rotatable bonds is 5. The van der Waals surface area contributed by atoms with Gasteiger partial charge in [0.2, 0.25) is 0 Å². The quantitative estimate of drug-likeness (QED) is 0.915. The Morgan fingerprint density at radius 2 is 1.92 bits per heavy atom. The molecule has 126 valence electrons. The Hall–Kier alpha value is -2.49. The number of amides is 1. The number of fused-ring (bicyclic) bond motifs is 1. The monoisotopic (exact) mass is 325 g/mol. The number of carbonyl (C=O) groups excluding carboxylic acids is 1. The van der Waals surface area contributed by atoms with Gasteiger partial charge in [-0.15, -0.1) is 0 Å². The highest BCUT2D eigenvalue weighted by Crippen LogP contribution is 2.40. The maximum Gasteiger partial charge on any atom is 0.251 e. The molecule has 3 rings (SSSR count). The zero-order valence-corrected chi connectivity index (χ0v) is 14.4. The lowest BCUT2D eigenvalue weighted by molar-refractivity contribution is 0.0951. The summed E-state index contributed by atoms with van der Waals surface area (Å²) < 4.78 is 10.8. The normalized spacial score (nSPS) is 15.7. The average Bonchev–Trinajstić information content (AvgIpc) is 3.00. The highest BCUT2D eigenvalue weighted by molar-refractivity contribution is 5.94. The molecule has 0 radical (unpaired) electrons. The Balaban J connectivity index is 1.71. The number of nitrogens with one attached hydrogen (secondary N) is 1. The average molecular weight is 325 g/mol. The van der Waals surface area contributed by atoms with Crippen LogP contribution in [0.3, 0.4) is 0 Å². The van der Waals surface area contributed by atoms with Gasteiger partial charge in [-0.1, -0.05) is 17.7 Å². The van der Waals surface area contributed by atoms with Crippen LogP contribution in [0, 0.1) is 6.92 Å². The standard InChI is InChI=1S/C20H23NO3/c1-13-5-4-6-15(9-13)20(22)21-12-16-8-7-14-10-18(23-2)19(24-3)11-17(14)16/h4-6,9-11,16H,7-8,12H2,1-3H3,(H,21,22). The van der Waals surface area contributed by atoms with Crippen molar-refractivity contribution in [1.29, 1.82) is 0 Å². The fourth-order valence-corrected chi connectivity index (χ4v) is 3.33. The van der Waals surface area contributed by atoms with Gasteiger partial charge in [-0.05, 0) is 55.2 Å². The summed E-state index contributed by atoms with van der Waals surface area (Å²) in [7, 11) is 3.30. The Kier molecular flexibility index (Phi) is 4.74. The van der Waals surface area contributed by atoms with Crippen LogP contribution in [0.25, 0.3) is 0 Å². The SMILES string of the molecule is COc1cc2c(cc1OC)C(CNC(=O)c1cccc(C)c1)CC2. The van der Waals surface area contributed by atoms with E-state index in [1.54, 1.807) is 14.2 Å². The van der Waals surface area contributed by atoms with Crippen molar-refractivity contribution in [2.75, 3.05) is 20.8 Å². The molecule has 0 aliphatic heterocycles. The Bertz CT molecular complexity index is 755. The zero-order valence-electron chi connectivity index (χ0n) is 14.4. The highest BCUT2D eigenvalue weighted by Gasteiger charge is 2.25. The number of hydrogen-bond donors (Lipinski definition) is 1. The molecule has 4 nitrogen and oxygen atoms in total. The third-order valence-corrected chi connectivity index (χ3v) is 4.64. The first-order chi connectivity index (χ1) is 11.6. The number of methoxy groups -OCH3 is 2. The Labute approximate surface area is 142 Å². The van der Waals surface area contributed by atoms with E-state index < -0.39 is 0 Å². The fourth-order valence-electron chi connectivity index (χ4n) is 3.33. The smallest absolute Gasteiger partial charge is 0.251 e. The van der Waals surface area contributed by atoms with E-state index in [1.807, 2.05) is 37.3 Å². The highest BCUT2D eigenvalue weighted by atomic mass is 16.5. The lowest BCUT2D eigenvalue weighted by Gasteiger charge is -2.15. The number of benzene rings is 2. The van der Waals surface area contributed by atoms with E-state index in [0.717, 1.165) is 29.9 Å². The number of aryl methyl sites for hydroxylation is 2. The predicted octanol–water partition coefficient (Wildman–Crippen LogP) is 3.47. The van der Waals surface area contributed by atoms with E-state index >= 15 is 0 Å². The van der Waals surface area contributed by atoms with Crippen molar-refractivity contribution in [2.45, 2.75) is 25.7 Å². The molecule has 4 heteroatoms. The minimum Gasteiger partial charge on any atom is -0.493 e. The van der Waals surface area contributed by atoms with Crippen molar-refractivity contribution < 1.29 is 14.3 Å². The molecular weight excluding hydrogens is 302 g/mol. The molecule has 2 aromatic rings. The van der Waals surface area contributed by atoms with Crippen LogP contribution in [-0.2, 0) is 6.42 Å². The molecule has 1 aliphatic rings. The first-order valence-electron chi connectivity index (χ1n) is 8.22. The summed E-state index contributed by atoms with van der Waals surface area (Å²) in [6, 6.07) is 11.8. The van der Waals surface area contributed by atoms with E-state index in [0.29, 0.717) is 18.0 Å². The van der Waals surface area contributed by atoms with Gasteiger partial charge in [0.1, 0.15) is 0 Å². The molecule has 0 spiro atoms.